The van der Waals surface area contributed by atoms with Gasteiger partial charge in [-0.3, -0.25) is 4.79 Å². The van der Waals surface area contributed by atoms with Crippen LogP contribution >= 0.6 is 15.9 Å². The van der Waals surface area contributed by atoms with Gasteiger partial charge in [-0.1, -0.05) is 0 Å². The van der Waals surface area contributed by atoms with E-state index in [0.29, 0.717) is 30.6 Å². The minimum Gasteiger partial charge on any atom is -0.349 e. The Hall–Kier alpha value is -1.86. The largest absolute Gasteiger partial charge is 0.349 e. The van der Waals surface area contributed by atoms with Crippen LogP contribution in [-0.2, 0) is 6.42 Å². The third-order valence-corrected chi connectivity index (χ3v) is 7.08. The van der Waals surface area contributed by atoms with Crippen molar-refractivity contribution in [3.8, 4) is 0 Å². The minimum absolute atomic E-state index is 0.00882. The first-order chi connectivity index (χ1) is 13.5. The fourth-order valence-electron chi connectivity index (χ4n) is 5.03. The van der Waals surface area contributed by atoms with Crippen LogP contribution in [0.3, 0.4) is 0 Å². The Labute approximate surface area is 173 Å². The number of aromatic nitrogens is 1. The number of likely N-dealkylation sites (tertiary alicyclic amines) is 1. The second kappa shape index (κ2) is 7.52. The number of likely N-dealkylation sites (N-methyl/N-ethyl adjacent to an activating group) is 1. The average Bonchev–Trinajstić information content (AvgIpc) is 2.99. The summed E-state index contributed by atoms with van der Waals surface area (Å²) in [5.74, 6) is 0.290. The second-order valence-electron chi connectivity index (χ2n) is 7.94. The van der Waals surface area contributed by atoms with Crippen LogP contribution in [-0.4, -0.2) is 65.9 Å². The summed E-state index contributed by atoms with van der Waals surface area (Å²) in [7, 11) is 2.14. The summed E-state index contributed by atoms with van der Waals surface area (Å²) in [5.41, 5.74) is 4.22. The van der Waals surface area contributed by atoms with Gasteiger partial charge in [-0.2, -0.15) is 0 Å². The average molecular weight is 447 g/mol. The molecule has 1 unspecified atom stereocenters. The Morgan fingerprint density at radius 1 is 1.39 bits per heavy atom. The van der Waals surface area contributed by atoms with Gasteiger partial charge in [-0.15, -0.1) is 0 Å². The van der Waals surface area contributed by atoms with Gasteiger partial charge in [0, 0.05) is 54.1 Å². The van der Waals surface area contributed by atoms with E-state index in [2.05, 4.69) is 38.2 Å². The number of aromatic amines is 1. The molecule has 0 spiro atoms. The van der Waals surface area contributed by atoms with Gasteiger partial charge >= 0.3 is 6.03 Å². The lowest BCUT2D eigenvalue weighted by molar-refractivity contribution is 0.112. The summed E-state index contributed by atoms with van der Waals surface area (Å²) in [6, 6.07) is 4.43. The van der Waals surface area contributed by atoms with Crippen LogP contribution in [0.2, 0.25) is 0 Å². The first-order valence-corrected chi connectivity index (χ1v) is 10.8. The molecule has 28 heavy (non-hydrogen) atoms. The van der Waals surface area contributed by atoms with Crippen molar-refractivity contribution in [3.05, 3.63) is 33.4 Å². The number of halogens is 1. The maximum Gasteiger partial charge on any atom is 0.317 e. The van der Waals surface area contributed by atoms with Crippen LogP contribution in [0.1, 0.15) is 47.7 Å². The van der Waals surface area contributed by atoms with Crippen molar-refractivity contribution in [2.24, 2.45) is 0 Å². The number of aldehydes is 1. The van der Waals surface area contributed by atoms with Crippen molar-refractivity contribution in [1.29, 1.82) is 0 Å². The molecule has 1 aliphatic heterocycles. The van der Waals surface area contributed by atoms with E-state index in [1.807, 2.05) is 30.9 Å². The first-order valence-electron chi connectivity index (χ1n) is 10.0. The molecule has 0 saturated carbocycles. The van der Waals surface area contributed by atoms with Crippen LogP contribution in [0.5, 0.6) is 0 Å². The van der Waals surface area contributed by atoms with Crippen molar-refractivity contribution in [2.75, 3.05) is 26.7 Å². The molecule has 2 aromatic rings. The monoisotopic (exact) mass is 446 g/mol. The van der Waals surface area contributed by atoms with Gasteiger partial charge < -0.3 is 20.1 Å². The van der Waals surface area contributed by atoms with Gasteiger partial charge in [0.05, 0.1) is 4.60 Å². The highest BCUT2D eigenvalue weighted by Crippen LogP contribution is 2.45. The predicted molar refractivity (Wildman–Crippen MR) is 114 cm³/mol. The number of carbonyl (C=O) groups is 2. The predicted octanol–water partition coefficient (Wildman–Crippen LogP) is 3.51. The van der Waals surface area contributed by atoms with Crippen LogP contribution in [0.25, 0.3) is 10.9 Å². The maximum atomic E-state index is 12.6. The zero-order valence-electron chi connectivity index (χ0n) is 16.6. The van der Waals surface area contributed by atoms with Crippen molar-refractivity contribution in [2.45, 2.75) is 44.7 Å². The summed E-state index contributed by atoms with van der Waals surface area (Å²) < 4.78 is 1.01. The van der Waals surface area contributed by atoms with E-state index in [4.69, 9.17) is 0 Å². The van der Waals surface area contributed by atoms with Gasteiger partial charge in [0.25, 0.3) is 0 Å². The Kier molecular flexibility index (Phi) is 5.22. The number of amides is 2. The number of nitrogens with one attached hydrogen (secondary N) is 2. The molecular formula is C21H27BrN4O2. The summed E-state index contributed by atoms with van der Waals surface area (Å²) in [6.45, 7) is 6.25. The first kappa shape index (κ1) is 19.5. The lowest BCUT2D eigenvalue weighted by Crippen LogP contribution is -2.56. The molecule has 7 heteroatoms. The Morgan fingerprint density at radius 3 is 2.82 bits per heavy atom. The fourth-order valence-corrected chi connectivity index (χ4v) is 5.60. The molecule has 2 heterocycles. The highest BCUT2D eigenvalue weighted by Gasteiger charge is 2.41. The highest BCUT2D eigenvalue weighted by molar-refractivity contribution is 9.10. The molecule has 2 aliphatic rings. The number of nitrogens with zero attached hydrogens (tertiary/aromatic N) is 2. The summed E-state index contributed by atoms with van der Waals surface area (Å²) in [4.78, 5) is 31.7. The number of benzene rings is 1. The third-order valence-electron chi connectivity index (χ3n) is 6.41. The van der Waals surface area contributed by atoms with Crippen molar-refractivity contribution in [3.63, 3.8) is 0 Å². The molecule has 0 radical (unpaired) electrons. The number of fused-ring (bicyclic) bond motifs is 2. The maximum absolute atomic E-state index is 12.6. The Balaban J connectivity index is 1.69. The van der Waals surface area contributed by atoms with Crippen molar-refractivity contribution in [1.82, 2.24) is 20.1 Å². The fraction of sp³-hybridized carbons (Fsp3) is 0.524. The molecule has 150 valence electrons. The van der Waals surface area contributed by atoms with Crippen molar-refractivity contribution < 1.29 is 9.59 Å². The van der Waals surface area contributed by atoms with E-state index < -0.39 is 0 Å². The lowest BCUT2D eigenvalue weighted by Gasteiger charge is -2.46. The van der Waals surface area contributed by atoms with Gasteiger partial charge in [0.15, 0.2) is 0 Å². The van der Waals surface area contributed by atoms with E-state index in [-0.39, 0.29) is 12.1 Å². The normalized spacial score (nSPS) is 24.1. The molecular weight excluding hydrogens is 420 g/mol. The van der Waals surface area contributed by atoms with Gasteiger partial charge in [-0.25, -0.2) is 4.79 Å². The van der Waals surface area contributed by atoms with Crippen LogP contribution in [0.15, 0.2) is 16.7 Å². The van der Waals surface area contributed by atoms with Gasteiger partial charge in [0.2, 0.25) is 0 Å². The van der Waals surface area contributed by atoms with E-state index in [0.717, 1.165) is 35.8 Å². The molecule has 4 rings (SSSR count). The third kappa shape index (κ3) is 3.14. The summed E-state index contributed by atoms with van der Waals surface area (Å²) >= 11 is 3.67. The highest BCUT2D eigenvalue weighted by atomic mass is 79.9. The molecule has 1 saturated heterocycles. The van der Waals surface area contributed by atoms with Crippen molar-refractivity contribution >= 4 is 39.2 Å². The Morgan fingerprint density at radius 2 is 2.14 bits per heavy atom. The molecule has 2 amide bonds. The zero-order valence-corrected chi connectivity index (χ0v) is 18.2. The van der Waals surface area contributed by atoms with E-state index in [1.54, 1.807) is 0 Å². The smallest absolute Gasteiger partial charge is 0.317 e. The van der Waals surface area contributed by atoms with Crippen LogP contribution in [0, 0.1) is 0 Å². The van der Waals surface area contributed by atoms with Gasteiger partial charge in [-0.05, 0) is 72.9 Å². The van der Waals surface area contributed by atoms with Gasteiger partial charge in [0.1, 0.15) is 6.29 Å². The second-order valence-corrected chi connectivity index (χ2v) is 8.73. The van der Waals surface area contributed by atoms with Crippen LogP contribution < -0.4 is 5.32 Å². The molecule has 6 nitrogen and oxygen atoms in total. The molecule has 1 fully saturated rings. The molecule has 1 aromatic carbocycles. The Bertz CT molecular complexity index is 921. The van der Waals surface area contributed by atoms with E-state index in [1.165, 1.54) is 16.5 Å². The number of rotatable bonds is 4. The zero-order chi connectivity index (χ0) is 20.0. The number of H-pyrrole nitrogens is 1. The summed E-state index contributed by atoms with van der Waals surface area (Å²) in [6.07, 6.45) is 2.77. The number of carbonyl (C=O) groups excluding carboxylic acids is 2. The number of piperidine rings is 1. The SMILES string of the molecule is CCN(CC)C(=O)N[C@H]1CC2c3cc(C=O)cc4[nH]c(Br)c(c34)C[C@H]2N(C)C1. The standard InChI is InChI=1S/C21H27BrN4O2/c1-4-26(5-2)21(28)23-13-8-14-15-6-12(11-27)7-17-19(15)16(20(22)24-17)9-18(14)25(3)10-13/h6-7,11,13-14,18,24H,4-5,8-10H2,1-3H3,(H,23,28)/t13-,14?,18+/m0/s1. The number of hydrogen-bond donors (Lipinski definition) is 2. The van der Waals surface area contributed by atoms with Crippen LogP contribution in [0.4, 0.5) is 4.79 Å². The number of hydrogen-bond acceptors (Lipinski definition) is 3. The molecule has 3 atom stereocenters. The van der Waals surface area contributed by atoms with E-state index in [9.17, 15) is 9.59 Å². The minimum atomic E-state index is 0.00882. The summed E-state index contributed by atoms with van der Waals surface area (Å²) in [5, 5.41) is 4.47. The molecule has 0 bridgehead atoms. The number of urea groups is 1. The lowest BCUT2D eigenvalue weighted by atomic mass is 9.73. The quantitative estimate of drug-likeness (QED) is 0.705. The molecule has 2 N–H and O–H groups in total. The molecule has 1 aliphatic carbocycles. The van der Waals surface area contributed by atoms with E-state index >= 15 is 0 Å². The molecule has 1 aromatic heterocycles. The topological polar surface area (TPSA) is 68.4 Å².